The van der Waals surface area contributed by atoms with Gasteiger partial charge < -0.3 is 9.72 Å². The quantitative estimate of drug-likeness (QED) is 0.780. The summed E-state index contributed by atoms with van der Waals surface area (Å²) in [5, 5.41) is 2.48. The smallest absolute Gasteiger partial charge is 0.413 e. The lowest BCUT2D eigenvalue weighted by Crippen LogP contribution is -2.14. The van der Waals surface area contributed by atoms with Crippen LogP contribution in [0.1, 0.15) is 6.92 Å². The Balaban J connectivity index is 2.18. The number of carbonyl (C=O) groups excluding carboxylic acids is 1. The minimum absolute atomic E-state index is 0.327. The molecule has 78 valence electrons. The van der Waals surface area contributed by atoms with Crippen LogP contribution in [0.4, 0.5) is 10.7 Å². The number of imidazole rings is 1. The summed E-state index contributed by atoms with van der Waals surface area (Å²) in [4.78, 5) is 22.0. The molecule has 0 aliphatic carbocycles. The molecule has 2 rings (SSSR count). The van der Waals surface area contributed by atoms with Crippen molar-refractivity contribution >= 4 is 23.1 Å². The first-order valence-electron chi connectivity index (χ1n) is 4.53. The van der Waals surface area contributed by atoms with Gasteiger partial charge in [0.15, 0.2) is 0 Å². The molecule has 0 aliphatic heterocycles. The molecular formula is C9H10N4O2. The fourth-order valence-electron chi connectivity index (χ4n) is 1.18. The van der Waals surface area contributed by atoms with E-state index in [1.807, 2.05) is 0 Å². The van der Waals surface area contributed by atoms with Crippen LogP contribution in [-0.2, 0) is 4.74 Å². The van der Waals surface area contributed by atoms with Crippen molar-refractivity contribution in [2.24, 2.45) is 0 Å². The number of nitrogens with zero attached hydrogens (tertiary/aromatic N) is 2. The number of hydrogen-bond donors (Lipinski definition) is 2. The van der Waals surface area contributed by atoms with Crippen LogP contribution in [-0.4, -0.2) is 27.7 Å². The van der Waals surface area contributed by atoms with Gasteiger partial charge in [0.2, 0.25) is 5.95 Å². The third-order valence-electron chi connectivity index (χ3n) is 1.78. The lowest BCUT2D eigenvalue weighted by atomic mass is 10.4. The zero-order valence-corrected chi connectivity index (χ0v) is 8.15. The largest absolute Gasteiger partial charge is 0.450 e. The number of ether oxygens (including phenoxy) is 1. The van der Waals surface area contributed by atoms with Crippen LogP contribution in [0.2, 0.25) is 0 Å². The molecule has 2 aromatic rings. The van der Waals surface area contributed by atoms with E-state index in [-0.39, 0.29) is 0 Å². The molecule has 0 atom stereocenters. The number of H-pyrrole nitrogens is 1. The van der Waals surface area contributed by atoms with E-state index in [0.29, 0.717) is 12.6 Å². The van der Waals surface area contributed by atoms with Crippen molar-refractivity contribution in [3.8, 4) is 0 Å². The average Bonchev–Trinajstić information content (AvgIpc) is 2.59. The third kappa shape index (κ3) is 2.04. The van der Waals surface area contributed by atoms with Crippen LogP contribution in [0.3, 0.4) is 0 Å². The Kier molecular flexibility index (Phi) is 2.49. The van der Waals surface area contributed by atoms with E-state index in [9.17, 15) is 4.79 Å². The van der Waals surface area contributed by atoms with Gasteiger partial charge >= 0.3 is 6.09 Å². The SMILES string of the molecule is CCOC(=O)Nc1nc2ccncc2[nH]1. The highest BCUT2D eigenvalue weighted by atomic mass is 16.5. The summed E-state index contributed by atoms with van der Waals surface area (Å²) in [6, 6.07) is 1.75. The Morgan fingerprint density at radius 1 is 1.67 bits per heavy atom. The number of hydrogen-bond acceptors (Lipinski definition) is 4. The molecule has 0 saturated heterocycles. The minimum Gasteiger partial charge on any atom is -0.450 e. The van der Waals surface area contributed by atoms with E-state index in [0.717, 1.165) is 11.0 Å². The molecule has 15 heavy (non-hydrogen) atoms. The number of fused-ring (bicyclic) bond motifs is 1. The van der Waals surface area contributed by atoms with Crippen LogP contribution >= 0.6 is 0 Å². The van der Waals surface area contributed by atoms with Crippen LogP contribution in [0.5, 0.6) is 0 Å². The first-order chi connectivity index (χ1) is 7.29. The maximum Gasteiger partial charge on any atom is 0.413 e. The molecule has 0 fully saturated rings. The Hall–Kier alpha value is -2.11. The van der Waals surface area contributed by atoms with Crippen LogP contribution in [0, 0.1) is 0 Å². The molecular weight excluding hydrogens is 196 g/mol. The molecule has 2 aromatic heterocycles. The van der Waals surface area contributed by atoms with Gasteiger partial charge in [0.05, 0.1) is 23.8 Å². The van der Waals surface area contributed by atoms with Gasteiger partial charge in [-0.2, -0.15) is 0 Å². The predicted octanol–water partition coefficient (Wildman–Crippen LogP) is 1.53. The Bertz CT molecular complexity index is 447. The second-order valence-corrected chi connectivity index (χ2v) is 2.82. The normalized spacial score (nSPS) is 10.2. The van der Waals surface area contributed by atoms with Gasteiger partial charge in [-0.1, -0.05) is 0 Å². The van der Waals surface area contributed by atoms with Crippen molar-refractivity contribution < 1.29 is 9.53 Å². The number of aromatic nitrogens is 3. The number of nitrogens with one attached hydrogen (secondary N) is 2. The van der Waals surface area contributed by atoms with Gasteiger partial charge in [-0.3, -0.25) is 10.3 Å². The van der Waals surface area contributed by atoms with E-state index in [2.05, 4.69) is 20.3 Å². The first kappa shape index (κ1) is 9.45. The average molecular weight is 206 g/mol. The summed E-state index contributed by atoms with van der Waals surface area (Å²) in [5.41, 5.74) is 1.51. The molecule has 0 radical (unpaired) electrons. The van der Waals surface area contributed by atoms with Gasteiger partial charge in [0.1, 0.15) is 0 Å². The molecule has 0 saturated carbocycles. The molecule has 0 bridgehead atoms. The summed E-state index contributed by atoms with van der Waals surface area (Å²) in [6.07, 6.45) is 2.75. The number of carbonyl (C=O) groups is 1. The van der Waals surface area contributed by atoms with Crippen LogP contribution < -0.4 is 5.32 Å². The highest BCUT2D eigenvalue weighted by Crippen LogP contribution is 2.11. The summed E-state index contributed by atoms with van der Waals surface area (Å²) >= 11 is 0. The van der Waals surface area contributed by atoms with E-state index in [1.54, 1.807) is 25.4 Å². The van der Waals surface area contributed by atoms with Crippen molar-refractivity contribution in [3.63, 3.8) is 0 Å². The zero-order chi connectivity index (χ0) is 10.7. The second kappa shape index (κ2) is 3.95. The van der Waals surface area contributed by atoms with E-state index in [1.165, 1.54) is 0 Å². The van der Waals surface area contributed by atoms with Crippen LogP contribution in [0.25, 0.3) is 11.0 Å². The van der Waals surface area contributed by atoms with Crippen molar-refractivity contribution in [2.75, 3.05) is 11.9 Å². The Morgan fingerprint density at radius 2 is 2.53 bits per heavy atom. The lowest BCUT2D eigenvalue weighted by molar-refractivity contribution is 0.167. The second-order valence-electron chi connectivity index (χ2n) is 2.82. The molecule has 0 aliphatic rings. The minimum atomic E-state index is -0.524. The molecule has 0 unspecified atom stereocenters. The molecule has 6 heteroatoms. The fourth-order valence-corrected chi connectivity index (χ4v) is 1.18. The van der Waals surface area contributed by atoms with Gasteiger partial charge in [-0.15, -0.1) is 0 Å². The van der Waals surface area contributed by atoms with Crippen molar-refractivity contribution in [3.05, 3.63) is 18.5 Å². The topological polar surface area (TPSA) is 79.9 Å². The fraction of sp³-hybridized carbons (Fsp3) is 0.222. The van der Waals surface area contributed by atoms with Crippen molar-refractivity contribution in [2.45, 2.75) is 6.92 Å². The Labute approximate surface area is 85.7 Å². The molecule has 2 N–H and O–H groups in total. The number of rotatable bonds is 2. The standard InChI is InChI=1S/C9H10N4O2/c1-2-15-9(14)13-8-11-6-3-4-10-5-7(6)12-8/h3-5H,2H2,1H3,(H2,11,12,13,14). The first-order valence-corrected chi connectivity index (χ1v) is 4.53. The van der Waals surface area contributed by atoms with Gasteiger partial charge in [0, 0.05) is 6.20 Å². The highest BCUT2D eigenvalue weighted by molar-refractivity contribution is 5.85. The molecule has 2 heterocycles. The lowest BCUT2D eigenvalue weighted by Gasteiger charge is -2.00. The maximum absolute atomic E-state index is 11.1. The van der Waals surface area contributed by atoms with E-state index >= 15 is 0 Å². The van der Waals surface area contributed by atoms with Crippen LogP contribution in [0.15, 0.2) is 18.5 Å². The monoisotopic (exact) mass is 206 g/mol. The maximum atomic E-state index is 11.1. The summed E-state index contributed by atoms with van der Waals surface area (Å²) in [6.45, 7) is 2.07. The van der Waals surface area contributed by atoms with Gasteiger partial charge in [-0.05, 0) is 13.0 Å². The van der Waals surface area contributed by atoms with Crippen molar-refractivity contribution in [1.29, 1.82) is 0 Å². The highest BCUT2D eigenvalue weighted by Gasteiger charge is 2.06. The summed E-state index contributed by atoms with van der Waals surface area (Å²) < 4.78 is 4.72. The number of anilines is 1. The molecule has 6 nitrogen and oxygen atoms in total. The number of aromatic amines is 1. The van der Waals surface area contributed by atoms with E-state index in [4.69, 9.17) is 4.74 Å². The zero-order valence-electron chi connectivity index (χ0n) is 8.15. The van der Waals surface area contributed by atoms with Gasteiger partial charge in [0.25, 0.3) is 0 Å². The predicted molar refractivity (Wildman–Crippen MR) is 54.5 cm³/mol. The third-order valence-corrected chi connectivity index (χ3v) is 1.78. The molecule has 0 aromatic carbocycles. The molecule has 1 amide bonds. The number of pyridine rings is 1. The Morgan fingerprint density at radius 3 is 3.27 bits per heavy atom. The van der Waals surface area contributed by atoms with Gasteiger partial charge in [-0.25, -0.2) is 9.78 Å². The summed E-state index contributed by atoms with van der Waals surface area (Å²) in [7, 11) is 0. The summed E-state index contributed by atoms with van der Waals surface area (Å²) in [5.74, 6) is 0.358. The molecule has 0 spiro atoms. The number of amides is 1. The van der Waals surface area contributed by atoms with Crippen molar-refractivity contribution in [1.82, 2.24) is 15.0 Å². The van der Waals surface area contributed by atoms with E-state index < -0.39 is 6.09 Å².